The monoisotopic (exact) mass is 370 g/mol. The Bertz CT molecular complexity index is 762. The van der Waals surface area contributed by atoms with E-state index in [-0.39, 0.29) is 35.9 Å². The van der Waals surface area contributed by atoms with E-state index in [1.54, 1.807) is 11.0 Å². The quantitative estimate of drug-likeness (QED) is 0.644. The summed E-state index contributed by atoms with van der Waals surface area (Å²) in [6, 6.07) is 5.59. The minimum Gasteiger partial charge on any atom is -0.350 e. The number of piperidine rings is 1. The fraction of sp³-hybridized carbons (Fsp3) is 0.611. The number of nitriles is 1. The van der Waals surface area contributed by atoms with E-state index in [9.17, 15) is 20.2 Å². The minimum atomic E-state index is -0.444. The van der Waals surface area contributed by atoms with Gasteiger partial charge in [-0.05, 0) is 44.6 Å². The van der Waals surface area contributed by atoms with Crippen LogP contribution in [0.15, 0.2) is 18.3 Å². The van der Waals surface area contributed by atoms with Crippen molar-refractivity contribution in [2.75, 3.05) is 11.4 Å². The number of pyridine rings is 1. The van der Waals surface area contributed by atoms with Gasteiger partial charge in [-0.2, -0.15) is 5.26 Å². The highest BCUT2D eigenvalue weighted by molar-refractivity contribution is 5.75. The number of amides is 2. The molecule has 3 fully saturated rings. The number of likely N-dealkylation sites (tertiary alicyclic amines) is 1. The van der Waals surface area contributed by atoms with E-state index in [1.807, 2.05) is 0 Å². The lowest BCUT2D eigenvalue weighted by molar-refractivity contribution is -0.385. The Balaban J connectivity index is 1.41. The van der Waals surface area contributed by atoms with Crippen LogP contribution in [0.4, 0.5) is 16.3 Å². The van der Waals surface area contributed by atoms with Crippen LogP contribution < -0.4 is 10.2 Å². The van der Waals surface area contributed by atoms with Gasteiger partial charge >= 0.3 is 6.03 Å². The third kappa shape index (κ3) is 3.27. The number of nitro groups is 1. The summed E-state index contributed by atoms with van der Waals surface area (Å²) in [5.41, 5.74) is -0.00842. The molecule has 3 aliphatic heterocycles. The number of fused-ring (bicyclic) bond motifs is 2. The summed E-state index contributed by atoms with van der Waals surface area (Å²) >= 11 is 0. The first-order valence-electron chi connectivity index (χ1n) is 9.42. The molecule has 4 rings (SSSR count). The Morgan fingerprint density at radius 1 is 1.30 bits per heavy atom. The average Bonchev–Trinajstić information content (AvgIpc) is 3.24. The third-order valence-electron chi connectivity index (χ3n) is 5.93. The maximum Gasteiger partial charge on any atom is 0.318 e. The van der Waals surface area contributed by atoms with Crippen LogP contribution in [0.5, 0.6) is 0 Å². The van der Waals surface area contributed by atoms with Crippen molar-refractivity contribution >= 4 is 17.5 Å². The number of urea groups is 1. The number of nitrogens with zero attached hydrogens (tertiary/aromatic N) is 5. The standard InChI is InChI=1S/C18H22N6O3/c19-10-15-2-1-7-22(15)18(25)21-12-8-13-3-4-14(9-12)23(13)17-6-5-16(11-20-17)24(26)27/h5-6,11-15H,1-4,7-9H2,(H,21,25)/t12?,13-,14+,15-/m1/s1. The summed E-state index contributed by atoms with van der Waals surface area (Å²) in [5.74, 6) is 0.766. The molecule has 0 saturated carbocycles. The number of aromatic nitrogens is 1. The van der Waals surface area contributed by atoms with Crippen LogP contribution in [0, 0.1) is 21.4 Å². The SMILES string of the molecule is N#C[C@H]1CCCN1C(=O)NC1C[C@H]2CC[C@@H](C1)N2c1ccc([N+](=O)[O-])cn1. The van der Waals surface area contributed by atoms with Crippen LogP contribution in [0.2, 0.25) is 0 Å². The molecule has 0 aromatic carbocycles. The fourth-order valence-electron chi connectivity index (χ4n) is 4.71. The van der Waals surface area contributed by atoms with Gasteiger partial charge in [0, 0.05) is 30.7 Å². The lowest BCUT2D eigenvalue weighted by atomic mass is 9.97. The molecule has 1 aromatic rings. The maximum absolute atomic E-state index is 12.5. The van der Waals surface area contributed by atoms with Crippen molar-refractivity contribution in [3.05, 3.63) is 28.4 Å². The Hall–Kier alpha value is -2.89. The first kappa shape index (κ1) is 17.5. The van der Waals surface area contributed by atoms with Gasteiger partial charge in [-0.1, -0.05) is 0 Å². The Morgan fingerprint density at radius 3 is 2.63 bits per heavy atom. The molecular formula is C18H22N6O3. The predicted octanol–water partition coefficient (Wildman–Crippen LogP) is 2.19. The van der Waals surface area contributed by atoms with Crippen LogP contribution in [-0.4, -0.2) is 51.6 Å². The normalized spacial score (nSPS) is 29.4. The number of rotatable bonds is 3. The van der Waals surface area contributed by atoms with Crippen LogP contribution in [0.1, 0.15) is 38.5 Å². The first-order chi connectivity index (χ1) is 13.1. The molecule has 2 bridgehead atoms. The summed E-state index contributed by atoms with van der Waals surface area (Å²) in [6.07, 6.45) is 6.64. The van der Waals surface area contributed by atoms with Crippen LogP contribution in [0.25, 0.3) is 0 Å². The average molecular weight is 370 g/mol. The lowest BCUT2D eigenvalue weighted by Gasteiger charge is -2.40. The van der Waals surface area contributed by atoms with Gasteiger partial charge in [0.1, 0.15) is 18.1 Å². The van der Waals surface area contributed by atoms with E-state index in [4.69, 9.17) is 0 Å². The van der Waals surface area contributed by atoms with Crippen LogP contribution in [0.3, 0.4) is 0 Å². The molecule has 9 nitrogen and oxygen atoms in total. The van der Waals surface area contributed by atoms with Gasteiger partial charge in [0.2, 0.25) is 0 Å². The second-order valence-corrected chi connectivity index (χ2v) is 7.52. The van der Waals surface area contributed by atoms with Gasteiger partial charge in [-0.15, -0.1) is 0 Å². The first-order valence-corrected chi connectivity index (χ1v) is 9.42. The number of hydrogen-bond donors (Lipinski definition) is 1. The zero-order chi connectivity index (χ0) is 19.0. The van der Waals surface area contributed by atoms with Crippen molar-refractivity contribution in [2.45, 2.75) is 62.7 Å². The molecular weight excluding hydrogens is 348 g/mol. The van der Waals surface area contributed by atoms with E-state index < -0.39 is 4.92 Å². The zero-order valence-electron chi connectivity index (χ0n) is 15.0. The molecule has 1 N–H and O–H groups in total. The molecule has 3 saturated heterocycles. The van der Waals surface area contributed by atoms with E-state index in [1.165, 1.54) is 12.3 Å². The van der Waals surface area contributed by atoms with Crippen molar-refractivity contribution in [3.8, 4) is 6.07 Å². The molecule has 27 heavy (non-hydrogen) atoms. The summed E-state index contributed by atoms with van der Waals surface area (Å²) in [4.78, 5) is 31.1. The molecule has 3 aliphatic rings. The number of nitrogens with one attached hydrogen (secondary N) is 1. The largest absolute Gasteiger partial charge is 0.350 e. The number of hydrogen-bond acceptors (Lipinski definition) is 6. The van der Waals surface area contributed by atoms with Crippen LogP contribution >= 0.6 is 0 Å². The highest BCUT2D eigenvalue weighted by atomic mass is 16.6. The minimum absolute atomic E-state index is 0.00842. The number of carbonyl (C=O) groups excluding carboxylic acids is 1. The van der Waals surface area contributed by atoms with E-state index in [0.717, 1.165) is 44.3 Å². The van der Waals surface area contributed by atoms with Crippen molar-refractivity contribution in [1.29, 1.82) is 5.26 Å². The summed E-state index contributed by atoms with van der Waals surface area (Å²) < 4.78 is 0. The summed E-state index contributed by atoms with van der Waals surface area (Å²) in [6.45, 7) is 0.641. The van der Waals surface area contributed by atoms with E-state index in [0.29, 0.717) is 6.54 Å². The smallest absolute Gasteiger partial charge is 0.318 e. The summed E-state index contributed by atoms with van der Waals surface area (Å²) in [7, 11) is 0. The Morgan fingerprint density at radius 2 is 2.04 bits per heavy atom. The van der Waals surface area contributed by atoms with Gasteiger partial charge in [0.25, 0.3) is 5.69 Å². The highest BCUT2D eigenvalue weighted by Crippen LogP contribution is 2.39. The van der Waals surface area contributed by atoms with E-state index in [2.05, 4.69) is 21.3 Å². The maximum atomic E-state index is 12.5. The molecule has 0 aliphatic carbocycles. The van der Waals surface area contributed by atoms with Gasteiger partial charge in [0.15, 0.2) is 0 Å². The molecule has 142 valence electrons. The number of carbonyl (C=O) groups is 1. The van der Waals surface area contributed by atoms with E-state index >= 15 is 0 Å². The Labute approximate surface area is 157 Å². The zero-order valence-corrected chi connectivity index (χ0v) is 15.0. The molecule has 4 heterocycles. The molecule has 0 radical (unpaired) electrons. The van der Waals surface area contributed by atoms with Crippen molar-refractivity contribution in [2.24, 2.45) is 0 Å². The molecule has 1 unspecified atom stereocenters. The molecule has 4 atom stereocenters. The van der Waals surface area contributed by atoms with Gasteiger partial charge in [-0.3, -0.25) is 10.1 Å². The Kier molecular flexibility index (Phi) is 4.56. The lowest BCUT2D eigenvalue weighted by Crippen LogP contribution is -2.53. The second kappa shape index (κ2) is 7.02. The van der Waals surface area contributed by atoms with Gasteiger partial charge in [-0.25, -0.2) is 9.78 Å². The second-order valence-electron chi connectivity index (χ2n) is 7.52. The number of anilines is 1. The topological polar surface area (TPSA) is 115 Å². The van der Waals surface area contributed by atoms with Crippen molar-refractivity contribution < 1.29 is 9.72 Å². The molecule has 2 amide bonds. The molecule has 9 heteroatoms. The molecule has 0 spiro atoms. The third-order valence-corrected chi connectivity index (χ3v) is 5.93. The predicted molar refractivity (Wildman–Crippen MR) is 97.1 cm³/mol. The summed E-state index contributed by atoms with van der Waals surface area (Å²) in [5, 5.41) is 23.1. The van der Waals surface area contributed by atoms with Crippen molar-refractivity contribution in [1.82, 2.24) is 15.2 Å². The van der Waals surface area contributed by atoms with Gasteiger partial charge < -0.3 is 15.1 Å². The van der Waals surface area contributed by atoms with Crippen LogP contribution in [-0.2, 0) is 0 Å². The molecule has 1 aromatic heterocycles. The van der Waals surface area contributed by atoms with Crippen molar-refractivity contribution in [3.63, 3.8) is 0 Å². The highest BCUT2D eigenvalue weighted by Gasteiger charge is 2.42. The van der Waals surface area contributed by atoms with Gasteiger partial charge in [0.05, 0.1) is 11.0 Å². The fourth-order valence-corrected chi connectivity index (χ4v) is 4.71.